The number of thiophene rings is 1. The average molecular weight is 388 g/mol. The molecule has 0 N–H and O–H groups in total. The molecule has 0 atom stereocenters. The quantitative estimate of drug-likeness (QED) is 0.412. The van der Waals surface area contributed by atoms with E-state index < -0.39 is 0 Å². The Labute approximate surface area is 167 Å². The van der Waals surface area contributed by atoms with Crippen molar-refractivity contribution >= 4 is 32.3 Å². The Bertz CT molecular complexity index is 1260. The summed E-state index contributed by atoms with van der Waals surface area (Å²) in [5, 5.41) is 13.9. The second-order valence-corrected chi connectivity index (χ2v) is 8.09. The fraction of sp³-hybridized carbons (Fsp3) is 0.261. The van der Waals surface area contributed by atoms with E-state index in [2.05, 4.69) is 36.4 Å². The highest BCUT2D eigenvalue weighted by Gasteiger charge is 2.18. The molecular formula is C23H21N3OS. The Hall–Kier alpha value is -2.97. The summed E-state index contributed by atoms with van der Waals surface area (Å²) in [5.74, 6) is 0.938. The minimum Gasteiger partial charge on any atom is -0.296 e. The average Bonchev–Trinajstić information content (AvgIpc) is 3.13. The third-order valence-corrected chi connectivity index (χ3v) is 5.84. The Morgan fingerprint density at radius 1 is 1.18 bits per heavy atom. The molecule has 140 valence electrons. The first-order valence-electron chi connectivity index (χ1n) is 9.48. The smallest absolute Gasteiger partial charge is 0.262 e. The summed E-state index contributed by atoms with van der Waals surface area (Å²) in [6, 6.07) is 16.7. The first-order chi connectivity index (χ1) is 13.6. The summed E-state index contributed by atoms with van der Waals surface area (Å²) >= 11 is 1.52. The molecule has 4 rings (SSSR count). The maximum absolute atomic E-state index is 13.4. The number of hydrogen-bond donors (Lipinski definition) is 0. The highest BCUT2D eigenvalue weighted by Crippen LogP contribution is 2.33. The molecule has 5 heteroatoms. The van der Waals surface area contributed by atoms with Gasteiger partial charge in [-0.2, -0.15) is 5.26 Å². The molecule has 2 aromatic heterocycles. The SMILES string of the molecule is CC(C)c1nc2scc(-c3ccc4ccccc4c3)c2c(=O)n1CCCC#N. The highest BCUT2D eigenvalue weighted by atomic mass is 32.1. The van der Waals surface area contributed by atoms with Crippen LogP contribution in [0.3, 0.4) is 0 Å². The summed E-state index contributed by atoms with van der Waals surface area (Å²) < 4.78 is 1.77. The maximum Gasteiger partial charge on any atom is 0.262 e. The van der Waals surface area contributed by atoms with Crippen LogP contribution in [0.5, 0.6) is 0 Å². The number of aromatic nitrogens is 2. The Kier molecular flexibility index (Phi) is 4.97. The van der Waals surface area contributed by atoms with E-state index in [1.807, 2.05) is 31.4 Å². The molecule has 0 aliphatic rings. The number of hydrogen-bond acceptors (Lipinski definition) is 4. The lowest BCUT2D eigenvalue weighted by Crippen LogP contribution is -2.26. The maximum atomic E-state index is 13.4. The van der Waals surface area contributed by atoms with E-state index in [-0.39, 0.29) is 11.5 Å². The van der Waals surface area contributed by atoms with Crippen molar-refractivity contribution in [3.8, 4) is 17.2 Å². The second-order valence-electron chi connectivity index (χ2n) is 7.23. The molecule has 2 aromatic carbocycles. The van der Waals surface area contributed by atoms with Gasteiger partial charge in [-0.05, 0) is 28.8 Å². The molecule has 0 aliphatic heterocycles. The molecule has 4 nitrogen and oxygen atoms in total. The molecule has 0 radical (unpaired) electrons. The third kappa shape index (κ3) is 3.21. The Balaban J connectivity index is 1.91. The predicted octanol–water partition coefficient (Wildman–Crippen LogP) is 5.71. The van der Waals surface area contributed by atoms with E-state index in [1.165, 1.54) is 16.7 Å². The van der Waals surface area contributed by atoms with Gasteiger partial charge < -0.3 is 0 Å². The lowest BCUT2D eigenvalue weighted by atomic mass is 10.0. The minimum atomic E-state index is -0.00366. The normalized spacial score (nSPS) is 11.4. The van der Waals surface area contributed by atoms with Crippen molar-refractivity contribution in [2.24, 2.45) is 0 Å². The van der Waals surface area contributed by atoms with Crippen LogP contribution >= 0.6 is 11.3 Å². The lowest BCUT2D eigenvalue weighted by molar-refractivity contribution is 0.568. The number of nitrogens with zero attached hydrogens (tertiary/aromatic N) is 3. The third-order valence-electron chi connectivity index (χ3n) is 4.97. The summed E-state index contributed by atoms with van der Waals surface area (Å²) in [7, 11) is 0. The largest absolute Gasteiger partial charge is 0.296 e. The molecular weight excluding hydrogens is 366 g/mol. The van der Waals surface area contributed by atoms with Gasteiger partial charge in [-0.3, -0.25) is 9.36 Å². The van der Waals surface area contributed by atoms with E-state index in [9.17, 15) is 4.79 Å². The van der Waals surface area contributed by atoms with Gasteiger partial charge in [0.2, 0.25) is 0 Å². The zero-order valence-corrected chi connectivity index (χ0v) is 16.8. The van der Waals surface area contributed by atoms with Crippen LogP contribution in [0.1, 0.15) is 38.4 Å². The van der Waals surface area contributed by atoms with Crippen molar-refractivity contribution in [1.82, 2.24) is 9.55 Å². The van der Waals surface area contributed by atoms with Crippen LogP contribution in [-0.4, -0.2) is 9.55 Å². The molecule has 0 fully saturated rings. The molecule has 0 amide bonds. The summed E-state index contributed by atoms with van der Waals surface area (Å²) in [5.41, 5.74) is 1.97. The monoisotopic (exact) mass is 387 g/mol. The van der Waals surface area contributed by atoms with Crippen molar-refractivity contribution in [3.05, 3.63) is 64.0 Å². The Morgan fingerprint density at radius 3 is 2.71 bits per heavy atom. The van der Waals surface area contributed by atoms with Crippen molar-refractivity contribution in [2.45, 2.75) is 39.2 Å². The van der Waals surface area contributed by atoms with Gasteiger partial charge in [-0.25, -0.2) is 4.98 Å². The van der Waals surface area contributed by atoms with E-state index >= 15 is 0 Å². The molecule has 2 heterocycles. The van der Waals surface area contributed by atoms with Gasteiger partial charge in [-0.15, -0.1) is 11.3 Å². The molecule has 0 saturated heterocycles. The molecule has 0 saturated carbocycles. The fourth-order valence-electron chi connectivity index (χ4n) is 3.58. The summed E-state index contributed by atoms with van der Waals surface area (Å²) in [6.45, 7) is 4.62. The number of rotatable bonds is 5. The van der Waals surface area contributed by atoms with Crippen molar-refractivity contribution in [1.29, 1.82) is 5.26 Å². The summed E-state index contributed by atoms with van der Waals surface area (Å²) in [4.78, 5) is 19.0. The first kappa shape index (κ1) is 18.4. The van der Waals surface area contributed by atoms with Gasteiger partial charge in [0, 0.05) is 29.8 Å². The fourth-order valence-corrected chi connectivity index (χ4v) is 4.53. The minimum absolute atomic E-state index is 0.00366. The molecule has 0 spiro atoms. The van der Waals surface area contributed by atoms with Gasteiger partial charge in [0.15, 0.2) is 0 Å². The molecule has 0 aliphatic carbocycles. The molecule has 4 aromatic rings. The van der Waals surface area contributed by atoms with Gasteiger partial charge in [0.25, 0.3) is 5.56 Å². The first-order valence-corrected chi connectivity index (χ1v) is 10.4. The van der Waals surface area contributed by atoms with E-state index in [0.717, 1.165) is 27.2 Å². The molecule has 28 heavy (non-hydrogen) atoms. The zero-order valence-electron chi connectivity index (χ0n) is 16.0. The number of benzene rings is 2. The molecule has 0 bridgehead atoms. The Morgan fingerprint density at radius 2 is 1.96 bits per heavy atom. The predicted molar refractivity (Wildman–Crippen MR) is 116 cm³/mol. The van der Waals surface area contributed by atoms with Crippen LogP contribution in [0.4, 0.5) is 0 Å². The number of nitriles is 1. The van der Waals surface area contributed by atoms with Gasteiger partial charge in [-0.1, -0.05) is 50.2 Å². The van der Waals surface area contributed by atoms with Gasteiger partial charge in [0.1, 0.15) is 10.7 Å². The standard InChI is InChI=1S/C23H21N3OS/c1-15(2)21-25-22-20(23(27)26(21)12-6-5-11-24)19(14-28-22)18-10-9-16-7-3-4-8-17(16)13-18/h3-4,7-10,13-15H,5-6,12H2,1-2H3. The topological polar surface area (TPSA) is 58.7 Å². The van der Waals surface area contributed by atoms with Gasteiger partial charge >= 0.3 is 0 Å². The van der Waals surface area contributed by atoms with E-state index in [4.69, 9.17) is 10.2 Å². The van der Waals surface area contributed by atoms with E-state index in [1.54, 1.807) is 4.57 Å². The van der Waals surface area contributed by atoms with Crippen LogP contribution in [0.2, 0.25) is 0 Å². The van der Waals surface area contributed by atoms with Crippen LogP contribution in [0.15, 0.2) is 52.6 Å². The highest BCUT2D eigenvalue weighted by molar-refractivity contribution is 7.17. The lowest BCUT2D eigenvalue weighted by Gasteiger charge is -2.14. The van der Waals surface area contributed by atoms with Crippen molar-refractivity contribution < 1.29 is 0 Å². The second kappa shape index (κ2) is 7.57. The van der Waals surface area contributed by atoms with Crippen LogP contribution in [0, 0.1) is 11.3 Å². The van der Waals surface area contributed by atoms with Crippen LogP contribution < -0.4 is 5.56 Å². The van der Waals surface area contributed by atoms with Gasteiger partial charge in [0.05, 0.1) is 11.5 Å². The van der Waals surface area contributed by atoms with Crippen molar-refractivity contribution in [2.75, 3.05) is 0 Å². The van der Waals surface area contributed by atoms with Crippen LogP contribution in [-0.2, 0) is 6.54 Å². The van der Waals surface area contributed by atoms with Crippen molar-refractivity contribution in [3.63, 3.8) is 0 Å². The number of unbranched alkanes of at least 4 members (excludes halogenated alkanes) is 1. The summed E-state index contributed by atoms with van der Waals surface area (Å²) in [6.07, 6.45) is 1.09. The molecule has 0 unspecified atom stereocenters. The number of fused-ring (bicyclic) bond motifs is 2. The van der Waals surface area contributed by atoms with E-state index in [0.29, 0.717) is 24.8 Å². The zero-order chi connectivity index (χ0) is 19.7. The van der Waals surface area contributed by atoms with Crippen LogP contribution in [0.25, 0.3) is 32.1 Å².